The van der Waals surface area contributed by atoms with E-state index in [0.29, 0.717) is 16.6 Å². The van der Waals surface area contributed by atoms with Crippen LogP contribution in [0.4, 0.5) is 4.79 Å². The Morgan fingerprint density at radius 1 is 0.844 bits per heavy atom. The van der Waals surface area contributed by atoms with Gasteiger partial charge in [0.1, 0.15) is 0 Å². The first-order chi connectivity index (χ1) is 21.2. The predicted octanol–water partition coefficient (Wildman–Crippen LogP) is 4.16. The molecule has 0 aliphatic carbocycles. The van der Waals surface area contributed by atoms with Gasteiger partial charge in [-0.15, -0.1) is 11.8 Å². The molecule has 0 bridgehead atoms. The van der Waals surface area contributed by atoms with Crippen molar-refractivity contribution in [3.05, 3.63) is 28.2 Å². The fourth-order valence-electron chi connectivity index (χ4n) is 5.14. The highest BCUT2D eigenvalue weighted by Crippen LogP contribution is 2.28. The number of likely N-dealkylation sites (tertiary alicyclic amines) is 2. The largest absolute Gasteiger partial charge is 0.481 e. The summed E-state index contributed by atoms with van der Waals surface area (Å²) in [5.74, 6) is -4.19. The predicted molar refractivity (Wildman–Crippen MR) is 174 cm³/mol. The number of carboxylic acids is 3. The van der Waals surface area contributed by atoms with Gasteiger partial charge in [-0.2, -0.15) is 0 Å². The average molecular weight is 694 g/mol. The van der Waals surface area contributed by atoms with Crippen molar-refractivity contribution in [2.24, 2.45) is 0 Å². The van der Waals surface area contributed by atoms with Crippen LogP contribution < -0.4 is 0 Å². The Balaban J connectivity index is 0.000000459. The summed E-state index contributed by atoms with van der Waals surface area (Å²) in [5, 5.41) is 35.0. The summed E-state index contributed by atoms with van der Waals surface area (Å²) in [5.41, 5.74) is -2.74. The summed E-state index contributed by atoms with van der Waals surface area (Å²) in [6.07, 6.45) is 2.85. The van der Waals surface area contributed by atoms with E-state index >= 15 is 0 Å². The average Bonchev–Trinajstić information content (AvgIpc) is 3.67. The van der Waals surface area contributed by atoms with Crippen LogP contribution in [0.2, 0.25) is 10.0 Å². The third kappa shape index (κ3) is 13.9. The number of carboxylic acid groups (broad SMARTS) is 3. The zero-order valence-electron chi connectivity index (χ0n) is 26.0. The monoisotopic (exact) mass is 692 g/mol. The standard InChI is InChI=1S/C24H38Cl2N4OS.C6H8O7/c1-20(2)30(17-18-32-21-7-8-22(25)23(26)19-21)24(31)29(15-13-27-9-3-4-10-27)16-14-28-11-5-6-12-28;7-3(8)1-6(13,5(11)12)2-4(9)10/h7-8,19-20H,3-6,9-18H2,1-2H3;13H,1-2H2,(H,7,8)(H,9,10)(H,11,12). The van der Waals surface area contributed by atoms with Crippen LogP contribution in [0.15, 0.2) is 23.1 Å². The first-order valence-corrected chi connectivity index (χ1v) is 16.9. The van der Waals surface area contributed by atoms with E-state index in [9.17, 15) is 19.2 Å². The number of benzene rings is 1. The van der Waals surface area contributed by atoms with Crippen molar-refractivity contribution in [3.63, 3.8) is 0 Å². The SMILES string of the molecule is CC(C)N(CCSc1ccc(Cl)c(Cl)c1)C(=O)N(CCN1CCCC1)CCN1CCCC1.O=C(O)CC(O)(CC(=O)O)C(=O)O. The van der Waals surface area contributed by atoms with E-state index in [-0.39, 0.29) is 12.1 Å². The molecule has 2 heterocycles. The lowest BCUT2D eigenvalue weighted by Gasteiger charge is -2.35. The van der Waals surface area contributed by atoms with Gasteiger partial charge in [0.15, 0.2) is 5.60 Å². The molecule has 1 aromatic rings. The maximum Gasteiger partial charge on any atom is 0.336 e. The minimum Gasteiger partial charge on any atom is -0.481 e. The fraction of sp³-hybridized carbons (Fsp3) is 0.667. The summed E-state index contributed by atoms with van der Waals surface area (Å²) < 4.78 is 0. The number of rotatable bonds is 16. The molecule has 2 fully saturated rings. The molecule has 15 heteroatoms. The highest BCUT2D eigenvalue weighted by Gasteiger charge is 2.40. The molecule has 0 unspecified atom stereocenters. The molecule has 1 aromatic carbocycles. The van der Waals surface area contributed by atoms with E-state index < -0.39 is 36.4 Å². The Kier molecular flexibility index (Phi) is 16.8. The molecule has 254 valence electrons. The van der Waals surface area contributed by atoms with E-state index in [0.717, 1.165) is 36.8 Å². The second-order valence-corrected chi connectivity index (χ2v) is 13.5. The molecule has 2 amide bonds. The lowest BCUT2D eigenvalue weighted by molar-refractivity contribution is -0.170. The van der Waals surface area contributed by atoms with Crippen molar-refractivity contribution in [2.75, 3.05) is 64.7 Å². The van der Waals surface area contributed by atoms with Crippen LogP contribution in [-0.4, -0.2) is 140 Å². The number of urea groups is 1. The number of nitrogens with zero attached hydrogens (tertiary/aromatic N) is 4. The van der Waals surface area contributed by atoms with E-state index in [2.05, 4.69) is 28.5 Å². The lowest BCUT2D eigenvalue weighted by Crippen LogP contribution is -2.51. The van der Waals surface area contributed by atoms with Crippen LogP contribution in [0.5, 0.6) is 0 Å². The highest BCUT2D eigenvalue weighted by molar-refractivity contribution is 7.99. The number of hydrogen-bond acceptors (Lipinski definition) is 8. The molecule has 0 saturated carbocycles. The molecule has 2 aliphatic heterocycles. The molecule has 12 nitrogen and oxygen atoms in total. The second kappa shape index (κ2) is 19.4. The van der Waals surface area contributed by atoms with Crippen LogP contribution in [0, 0.1) is 0 Å². The van der Waals surface area contributed by atoms with Crippen molar-refractivity contribution in [1.82, 2.24) is 19.6 Å². The number of aliphatic carboxylic acids is 3. The van der Waals surface area contributed by atoms with Crippen molar-refractivity contribution in [1.29, 1.82) is 0 Å². The number of thioether (sulfide) groups is 1. The van der Waals surface area contributed by atoms with E-state index in [1.165, 1.54) is 51.9 Å². The number of halogens is 2. The highest BCUT2D eigenvalue weighted by atomic mass is 35.5. The molecule has 0 aromatic heterocycles. The zero-order valence-corrected chi connectivity index (χ0v) is 28.3. The van der Waals surface area contributed by atoms with Gasteiger partial charge in [-0.1, -0.05) is 23.2 Å². The summed E-state index contributed by atoms with van der Waals surface area (Å²) in [6.45, 7) is 13.2. The van der Waals surface area contributed by atoms with E-state index in [1.54, 1.807) is 11.8 Å². The van der Waals surface area contributed by atoms with Crippen molar-refractivity contribution in [2.45, 2.75) is 68.9 Å². The topological polar surface area (TPSA) is 162 Å². The summed E-state index contributed by atoms with van der Waals surface area (Å²) >= 11 is 13.9. The third-order valence-electron chi connectivity index (χ3n) is 7.69. The van der Waals surface area contributed by atoms with Gasteiger partial charge in [-0.3, -0.25) is 9.59 Å². The first-order valence-electron chi connectivity index (χ1n) is 15.2. The van der Waals surface area contributed by atoms with Crippen LogP contribution in [0.25, 0.3) is 0 Å². The van der Waals surface area contributed by atoms with Crippen molar-refractivity contribution in [3.8, 4) is 0 Å². The minimum absolute atomic E-state index is 0.165. The normalized spacial score (nSPS) is 15.5. The quantitative estimate of drug-likeness (QED) is 0.184. The molecule has 0 radical (unpaired) electrons. The Bertz CT molecular complexity index is 1100. The fourth-order valence-corrected chi connectivity index (χ4v) is 6.39. The molecule has 45 heavy (non-hydrogen) atoms. The number of aliphatic hydroxyl groups is 1. The second-order valence-electron chi connectivity index (χ2n) is 11.6. The van der Waals surface area contributed by atoms with Gasteiger partial charge in [0.25, 0.3) is 0 Å². The molecular weight excluding hydrogens is 647 g/mol. The summed E-state index contributed by atoms with van der Waals surface area (Å²) in [7, 11) is 0. The smallest absolute Gasteiger partial charge is 0.336 e. The van der Waals surface area contributed by atoms with Crippen molar-refractivity contribution >= 4 is 58.9 Å². The van der Waals surface area contributed by atoms with E-state index in [4.69, 9.17) is 43.6 Å². The van der Waals surface area contributed by atoms with Crippen LogP contribution >= 0.6 is 35.0 Å². The van der Waals surface area contributed by atoms with Gasteiger partial charge in [-0.25, -0.2) is 9.59 Å². The number of amides is 2. The van der Waals surface area contributed by atoms with Crippen molar-refractivity contribution < 1.29 is 39.6 Å². The maximum atomic E-state index is 13.6. The molecule has 0 spiro atoms. The third-order valence-corrected chi connectivity index (χ3v) is 9.40. The van der Waals surface area contributed by atoms with Gasteiger partial charge >= 0.3 is 23.9 Å². The van der Waals surface area contributed by atoms with Gasteiger partial charge < -0.3 is 40.0 Å². The van der Waals surface area contributed by atoms with Gasteiger partial charge in [0.05, 0.1) is 22.9 Å². The molecule has 0 atom stereocenters. The Morgan fingerprint density at radius 2 is 1.33 bits per heavy atom. The molecule has 3 rings (SSSR count). The van der Waals surface area contributed by atoms with E-state index in [1.807, 2.05) is 23.1 Å². The molecular formula is C30H46Cl2N4O8S. The minimum atomic E-state index is -2.74. The van der Waals surface area contributed by atoms with Crippen LogP contribution in [0.1, 0.15) is 52.4 Å². The lowest BCUT2D eigenvalue weighted by atomic mass is 9.96. The summed E-state index contributed by atoms with van der Waals surface area (Å²) in [4.78, 5) is 54.3. The molecule has 2 saturated heterocycles. The Hall–Kier alpha value is -2.29. The summed E-state index contributed by atoms with van der Waals surface area (Å²) in [6, 6.07) is 6.05. The van der Waals surface area contributed by atoms with Crippen LogP contribution in [-0.2, 0) is 14.4 Å². The number of carbonyl (C=O) groups excluding carboxylic acids is 1. The van der Waals surface area contributed by atoms with Crippen LogP contribution in [0.3, 0.4) is 0 Å². The van der Waals surface area contributed by atoms with Gasteiger partial charge in [0, 0.05) is 49.4 Å². The number of carbonyl (C=O) groups is 4. The maximum absolute atomic E-state index is 13.6. The first kappa shape index (κ1) is 38.9. The Labute approximate surface area is 279 Å². The van der Waals surface area contributed by atoms with Gasteiger partial charge in [0.2, 0.25) is 0 Å². The van der Waals surface area contributed by atoms with Gasteiger partial charge in [-0.05, 0) is 83.9 Å². The molecule has 4 N–H and O–H groups in total. The number of hydrogen-bond donors (Lipinski definition) is 4. The molecule has 2 aliphatic rings. The zero-order chi connectivity index (χ0) is 33.6. The Morgan fingerprint density at radius 3 is 1.73 bits per heavy atom.